The number of aromatic nitrogens is 1. The standard InChI is InChI=1S/C9H5FNO/c10-8-3-1-7(2-4-8)9-5-11-6-12-9/h1-5H. The number of hydrogen-bond donors (Lipinski definition) is 0. The summed E-state index contributed by atoms with van der Waals surface area (Å²) in [7, 11) is 0. The molecule has 1 aromatic heterocycles. The Morgan fingerprint density at radius 2 is 2.00 bits per heavy atom. The van der Waals surface area contributed by atoms with Crippen molar-refractivity contribution in [2.75, 3.05) is 0 Å². The average molecular weight is 162 g/mol. The van der Waals surface area contributed by atoms with E-state index in [0.717, 1.165) is 5.56 Å². The van der Waals surface area contributed by atoms with Crippen LogP contribution in [0.4, 0.5) is 4.39 Å². The van der Waals surface area contributed by atoms with Crippen molar-refractivity contribution in [1.82, 2.24) is 4.98 Å². The zero-order chi connectivity index (χ0) is 8.39. The molecule has 3 heteroatoms. The highest BCUT2D eigenvalue weighted by molar-refractivity contribution is 5.55. The van der Waals surface area contributed by atoms with Crippen LogP contribution in [-0.4, -0.2) is 4.98 Å². The van der Waals surface area contributed by atoms with E-state index >= 15 is 0 Å². The summed E-state index contributed by atoms with van der Waals surface area (Å²) >= 11 is 0. The van der Waals surface area contributed by atoms with E-state index in [1.807, 2.05) is 0 Å². The SMILES string of the molecule is Fc1ccc(-c2cn[c]o2)cc1. The molecule has 0 fully saturated rings. The topological polar surface area (TPSA) is 26.0 Å². The van der Waals surface area contributed by atoms with Gasteiger partial charge in [-0.05, 0) is 24.3 Å². The molecule has 0 aliphatic rings. The van der Waals surface area contributed by atoms with Crippen molar-refractivity contribution in [3.8, 4) is 11.3 Å². The summed E-state index contributed by atoms with van der Waals surface area (Å²) in [4.78, 5) is 3.64. The first-order chi connectivity index (χ1) is 5.86. The fraction of sp³-hybridized carbons (Fsp3) is 0. The molecule has 0 spiro atoms. The van der Waals surface area contributed by atoms with Crippen LogP contribution in [0.1, 0.15) is 0 Å². The molecule has 2 aromatic rings. The van der Waals surface area contributed by atoms with Crippen LogP contribution < -0.4 is 0 Å². The Morgan fingerprint density at radius 1 is 1.25 bits per heavy atom. The molecule has 0 aliphatic heterocycles. The summed E-state index contributed by atoms with van der Waals surface area (Å²) < 4.78 is 17.4. The van der Waals surface area contributed by atoms with Crippen LogP contribution in [0.2, 0.25) is 0 Å². The predicted molar refractivity (Wildman–Crippen MR) is 40.7 cm³/mol. The van der Waals surface area contributed by atoms with Crippen molar-refractivity contribution < 1.29 is 8.81 Å². The van der Waals surface area contributed by atoms with Crippen LogP contribution >= 0.6 is 0 Å². The Bertz CT molecular complexity index is 353. The van der Waals surface area contributed by atoms with Gasteiger partial charge in [0, 0.05) is 5.56 Å². The van der Waals surface area contributed by atoms with E-state index in [4.69, 9.17) is 4.42 Å². The van der Waals surface area contributed by atoms with E-state index in [2.05, 4.69) is 11.4 Å². The maximum atomic E-state index is 12.5. The van der Waals surface area contributed by atoms with E-state index in [9.17, 15) is 4.39 Å². The van der Waals surface area contributed by atoms with Crippen LogP contribution in [0, 0.1) is 12.2 Å². The molecule has 0 aliphatic carbocycles. The maximum Gasteiger partial charge on any atom is 0.284 e. The molecular formula is C9H5FNO. The third-order valence-electron chi connectivity index (χ3n) is 1.52. The van der Waals surface area contributed by atoms with Crippen molar-refractivity contribution in [3.63, 3.8) is 0 Å². The Morgan fingerprint density at radius 3 is 2.58 bits per heavy atom. The Balaban J connectivity index is 2.43. The highest BCUT2D eigenvalue weighted by Gasteiger charge is 2.00. The molecule has 0 N–H and O–H groups in total. The van der Waals surface area contributed by atoms with Crippen molar-refractivity contribution in [3.05, 3.63) is 42.7 Å². The third-order valence-corrected chi connectivity index (χ3v) is 1.52. The lowest BCUT2D eigenvalue weighted by atomic mass is 10.2. The van der Waals surface area contributed by atoms with Gasteiger partial charge in [-0.2, -0.15) is 0 Å². The molecular weight excluding hydrogens is 157 g/mol. The molecule has 1 heterocycles. The van der Waals surface area contributed by atoms with Gasteiger partial charge in [0.2, 0.25) is 0 Å². The van der Waals surface area contributed by atoms with Gasteiger partial charge in [-0.1, -0.05) is 0 Å². The van der Waals surface area contributed by atoms with Crippen LogP contribution in [0.5, 0.6) is 0 Å². The molecule has 0 atom stereocenters. The summed E-state index contributed by atoms with van der Waals surface area (Å²) in [6.07, 6.45) is 3.86. The quantitative estimate of drug-likeness (QED) is 0.642. The normalized spacial score (nSPS) is 10.1. The van der Waals surface area contributed by atoms with Gasteiger partial charge in [0.25, 0.3) is 6.39 Å². The van der Waals surface area contributed by atoms with E-state index in [1.54, 1.807) is 12.1 Å². The second-order valence-corrected chi connectivity index (χ2v) is 2.32. The van der Waals surface area contributed by atoms with Gasteiger partial charge in [-0.15, -0.1) is 0 Å². The first-order valence-corrected chi connectivity index (χ1v) is 3.44. The molecule has 59 valence electrons. The summed E-state index contributed by atoms with van der Waals surface area (Å²) in [6, 6.07) is 6.00. The molecule has 0 unspecified atom stereocenters. The second kappa shape index (κ2) is 2.77. The highest BCUT2D eigenvalue weighted by Crippen LogP contribution is 2.17. The zero-order valence-corrected chi connectivity index (χ0v) is 6.12. The maximum absolute atomic E-state index is 12.5. The third kappa shape index (κ3) is 1.21. The summed E-state index contributed by atoms with van der Waals surface area (Å²) in [5, 5.41) is 0. The average Bonchev–Trinajstić information content (AvgIpc) is 2.58. The van der Waals surface area contributed by atoms with Crippen LogP contribution in [0.15, 0.2) is 34.9 Å². The smallest absolute Gasteiger partial charge is 0.284 e. The molecule has 0 saturated carbocycles. The lowest BCUT2D eigenvalue weighted by Crippen LogP contribution is -1.74. The van der Waals surface area contributed by atoms with Crippen molar-refractivity contribution >= 4 is 0 Å². The van der Waals surface area contributed by atoms with Crippen molar-refractivity contribution in [2.45, 2.75) is 0 Å². The number of rotatable bonds is 1. The van der Waals surface area contributed by atoms with Gasteiger partial charge in [-0.25, -0.2) is 9.37 Å². The minimum absolute atomic E-state index is 0.262. The molecule has 0 saturated heterocycles. The van der Waals surface area contributed by atoms with E-state index in [0.29, 0.717) is 5.76 Å². The predicted octanol–water partition coefficient (Wildman–Crippen LogP) is 2.28. The van der Waals surface area contributed by atoms with Crippen molar-refractivity contribution in [2.24, 2.45) is 0 Å². The summed E-state index contributed by atoms with van der Waals surface area (Å²) in [5.74, 6) is 0.331. The Kier molecular flexibility index (Phi) is 1.63. The summed E-state index contributed by atoms with van der Waals surface area (Å²) in [5.41, 5.74) is 0.796. The van der Waals surface area contributed by atoms with Gasteiger partial charge in [-0.3, -0.25) is 0 Å². The van der Waals surface area contributed by atoms with Gasteiger partial charge in [0.1, 0.15) is 5.82 Å². The molecule has 2 nitrogen and oxygen atoms in total. The summed E-state index contributed by atoms with van der Waals surface area (Å²) in [6.45, 7) is 0. The number of benzene rings is 1. The lowest BCUT2D eigenvalue weighted by molar-refractivity contribution is 0.561. The largest absolute Gasteiger partial charge is 0.432 e. The molecule has 2 rings (SSSR count). The second-order valence-electron chi connectivity index (χ2n) is 2.32. The molecule has 1 radical (unpaired) electrons. The van der Waals surface area contributed by atoms with Gasteiger partial charge in [0.05, 0.1) is 6.20 Å². The molecule has 12 heavy (non-hydrogen) atoms. The minimum Gasteiger partial charge on any atom is -0.432 e. The van der Waals surface area contributed by atoms with Crippen LogP contribution in [-0.2, 0) is 0 Å². The van der Waals surface area contributed by atoms with E-state index < -0.39 is 0 Å². The number of oxazole rings is 1. The van der Waals surface area contributed by atoms with Crippen LogP contribution in [0.3, 0.4) is 0 Å². The van der Waals surface area contributed by atoms with E-state index in [1.165, 1.54) is 18.3 Å². The molecule has 0 bridgehead atoms. The number of nitrogens with zero attached hydrogens (tertiary/aromatic N) is 1. The molecule has 0 amide bonds. The number of halogens is 1. The van der Waals surface area contributed by atoms with Gasteiger partial charge < -0.3 is 4.42 Å². The minimum atomic E-state index is -0.262. The fourth-order valence-electron chi connectivity index (χ4n) is 0.934. The lowest BCUT2D eigenvalue weighted by Gasteiger charge is -1.93. The van der Waals surface area contributed by atoms with Crippen LogP contribution in [0.25, 0.3) is 11.3 Å². The van der Waals surface area contributed by atoms with Gasteiger partial charge >= 0.3 is 0 Å². The monoisotopic (exact) mass is 162 g/mol. The van der Waals surface area contributed by atoms with Crippen molar-refractivity contribution in [1.29, 1.82) is 0 Å². The Hall–Kier alpha value is -1.64. The number of hydrogen-bond acceptors (Lipinski definition) is 2. The first-order valence-electron chi connectivity index (χ1n) is 3.44. The van der Waals surface area contributed by atoms with Gasteiger partial charge in [0.15, 0.2) is 5.76 Å². The highest BCUT2D eigenvalue weighted by atomic mass is 19.1. The molecule has 1 aromatic carbocycles. The zero-order valence-electron chi connectivity index (χ0n) is 6.12. The first kappa shape index (κ1) is 7.03. The Labute approximate surface area is 68.7 Å². The van der Waals surface area contributed by atoms with E-state index in [-0.39, 0.29) is 5.82 Å². The fourth-order valence-corrected chi connectivity index (χ4v) is 0.934.